The van der Waals surface area contributed by atoms with E-state index in [1.807, 2.05) is 0 Å². The number of ether oxygens (including phenoxy) is 1. The summed E-state index contributed by atoms with van der Waals surface area (Å²) in [5.74, 6) is -1.36. The number of hydrogen-bond donors (Lipinski definition) is 1. The third kappa shape index (κ3) is 2.96. The van der Waals surface area contributed by atoms with Crippen molar-refractivity contribution in [3.63, 3.8) is 0 Å². The number of aliphatic hydroxyl groups excluding tert-OH is 1. The maximum absolute atomic E-state index is 13.0. The summed E-state index contributed by atoms with van der Waals surface area (Å²) in [4.78, 5) is 0. The Morgan fingerprint density at radius 2 is 2.14 bits per heavy atom. The first-order chi connectivity index (χ1) is 6.63. The Morgan fingerprint density at radius 1 is 1.43 bits per heavy atom. The van der Waals surface area contributed by atoms with Crippen LogP contribution in [0.2, 0.25) is 0 Å². The molecular weight excluding hydrogens is 190 g/mol. The highest BCUT2D eigenvalue weighted by atomic mass is 19.1. The zero-order chi connectivity index (χ0) is 10.6. The zero-order valence-electron chi connectivity index (χ0n) is 7.84. The molecule has 78 valence electrons. The lowest BCUT2D eigenvalue weighted by Gasteiger charge is -2.10. The molecule has 0 amide bonds. The topological polar surface area (TPSA) is 29.5 Å². The van der Waals surface area contributed by atoms with Crippen molar-refractivity contribution in [3.05, 3.63) is 29.8 Å². The molecule has 0 heterocycles. The molecule has 1 atom stereocenters. The van der Waals surface area contributed by atoms with Gasteiger partial charge in [0.1, 0.15) is 12.4 Å². The smallest absolute Gasteiger partial charge is 0.165 e. The number of hydrogen-bond acceptors (Lipinski definition) is 2. The van der Waals surface area contributed by atoms with E-state index in [0.717, 1.165) is 18.2 Å². The molecule has 0 aromatic heterocycles. The summed E-state index contributed by atoms with van der Waals surface area (Å²) in [5.41, 5.74) is 0. The van der Waals surface area contributed by atoms with Crippen LogP contribution in [0, 0.1) is 11.6 Å². The van der Waals surface area contributed by atoms with E-state index in [9.17, 15) is 8.78 Å². The molecule has 1 aromatic carbocycles. The van der Waals surface area contributed by atoms with E-state index in [4.69, 9.17) is 9.84 Å². The van der Waals surface area contributed by atoms with E-state index < -0.39 is 17.7 Å². The monoisotopic (exact) mass is 202 g/mol. The summed E-state index contributed by atoms with van der Waals surface area (Å²) >= 11 is 0. The van der Waals surface area contributed by atoms with Crippen LogP contribution in [-0.2, 0) is 0 Å². The molecular formula is C10H12F2O2. The predicted octanol–water partition coefficient (Wildman–Crippen LogP) is 2.11. The van der Waals surface area contributed by atoms with Gasteiger partial charge in [-0.15, -0.1) is 0 Å². The second kappa shape index (κ2) is 4.91. The van der Waals surface area contributed by atoms with Gasteiger partial charge in [-0.2, -0.15) is 0 Å². The second-order valence-electron chi connectivity index (χ2n) is 2.95. The molecule has 1 aromatic rings. The average molecular weight is 202 g/mol. The zero-order valence-corrected chi connectivity index (χ0v) is 7.84. The maximum Gasteiger partial charge on any atom is 0.165 e. The van der Waals surface area contributed by atoms with E-state index in [1.165, 1.54) is 0 Å². The van der Waals surface area contributed by atoms with Gasteiger partial charge in [0.05, 0.1) is 6.10 Å². The minimum Gasteiger partial charge on any atom is -0.488 e. The number of halogens is 2. The fourth-order valence-corrected chi connectivity index (χ4v) is 0.892. The van der Waals surface area contributed by atoms with Gasteiger partial charge < -0.3 is 9.84 Å². The van der Waals surface area contributed by atoms with Crippen molar-refractivity contribution in [1.29, 1.82) is 0 Å². The van der Waals surface area contributed by atoms with Crippen molar-refractivity contribution < 1.29 is 18.6 Å². The van der Waals surface area contributed by atoms with Gasteiger partial charge in [0.25, 0.3) is 0 Å². The van der Waals surface area contributed by atoms with Gasteiger partial charge in [-0.3, -0.25) is 0 Å². The van der Waals surface area contributed by atoms with Crippen molar-refractivity contribution in [3.8, 4) is 5.75 Å². The van der Waals surface area contributed by atoms with Crippen LogP contribution in [0.4, 0.5) is 8.78 Å². The highest BCUT2D eigenvalue weighted by molar-refractivity contribution is 5.24. The van der Waals surface area contributed by atoms with E-state index in [2.05, 4.69) is 0 Å². The van der Waals surface area contributed by atoms with Crippen LogP contribution < -0.4 is 4.74 Å². The van der Waals surface area contributed by atoms with E-state index in [1.54, 1.807) is 6.92 Å². The first-order valence-electron chi connectivity index (χ1n) is 4.39. The summed E-state index contributed by atoms with van der Waals surface area (Å²) in [6.45, 7) is 1.74. The minimum absolute atomic E-state index is 0.0309. The van der Waals surface area contributed by atoms with Gasteiger partial charge >= 0.3 is 0 Å². The summed E-state index contributed by atoms with van der Waals surface area (Å²) in [6, 6.07) is 2.96. The third-order valence-electron chi connectivity index (χ3n) is 1.80. The first kappa shape index (κ1) is 10.9. The molecule has 0 aliphatic rings. The van der Waals surface area contributed by atoms with Crippen LogP contribution in [-0.4, -0.2) is 17.8 Å². The van der Waals surface area contributed by atoms with Crippen LogP contribution in [0.25, 0.3) is 0 Å². The lowest BCUT2D eigenvalue weighted by Crippen LogP contribution is -2.16. The molecule has 1 rings (SSSR count). The van der Waals surface area contributed by atoms with Crippen molar-refractivity contribution in [2.75, 3.05) is 6.61 Å². The van der Waals surface area contributed by atoms with E-state index in [-0.39, 0.29) is 12.4 Å². The molecule has 0 aliphatic carbocycles. The molecule has 0 aliphatic heterocycles. The van der Waals surface area contributed by atoms with Gasteiger partial charge in [-0.25, -0.2) is 8.78 Å². The van der Waals surface area contributed by atoms with E-state index in [0.29, 0.717) is 6.42 Å². The second-order valence-corrected chi connectivity index (χ2v) is 2.95. The molecule has 0 bridgehead atoms. The lowest BCUT2D eigenvalue weighted by molar-refractivity contribution is 0.102. The third-order valence-corrected chi connectivity index (χ3v) is 1.80. The normalized spacial score (nSPS) is 12.6. The first-order valence-corrected chi connectivity index (χ1v) is 4.39. The summed E-state index contributed by atoms with van der Waals surface area (Å²) in [7, 11) is 0. The Kier molecular flexibility index (Phi) is 3.83. The Balaban J connectivity index is 2.62. The molecule has 0 saturated carbocycles. The predicted molar refractivity (Wildman–Crippen MR) is 48.2 cm³/mol. The summed E-state index contributed by atoms with van der Waals surface area (Å²) in [5, 5.41) is 9.14. The number of rotatable bonds is 4. The van der Waals surface area contributed by atoms with Gasteiger partial charge in [0.2, 0.25) is 0 Å². The van der Waals surface area contributed by atoms with Gasteiger partial charge in [-0.1, -0.05) is 6.92 Å². The lowest BCUT2D eigenvalue weighted by atomic mass is 10.3. The Labute approximate surface area is 81.1 Å². The molecule has 0 radical (unpaired) electrons. The highest BCUT2D eigenvalue weighted by Crippen LogP contribution is 2.18. The maximum atomic E-state index is 13.0. The fraction of sp³-hybridized carbons (Fsp3) is 0.400. The molecule has 2 nitrogen and oxygen atoms in total. The van der Waals surface area contributed by atoms with Crippen molar-refractivity contribution in [2.24, 2.45) is 0 Å². The highest BCUT2D eigenvalue weighted by Gasteiger charge is 2.07. The molecule has 0 fully saturated rings. The fourth-order valence-electron chi connectivity index (χ4n) is 0.892. The average Bonchev–Trinajstić information content (AvgIpc) is 2.19. The largest absolute Gasteiger partial charge is 0.488 e. The molecule has 0 spiro atoms. The molecule has 0 saturated heterocycles. The van der Waals surface area contributed by atoms with E-state index >= 15 is 0 Å². The quantitative estimate of drug-likeness (QED) is 0.810. The van der Waals surface area contributed by atoms with Crippen LogP contribution in [0.15, 0.2) is 18.2 Å². The summed E-state index contributed by atoms with van der Waals surface area (Å²) < 4.78 is 30.5. The molecule has 1 unspecified atom stereocenters. The van der Waals surface area contributed by atoms with Gasteiger partial charge in [-0.05, 0) is 18.6 Å². The Bertz CT molecular complexity index is 302. The van der Waals surface area contributed by atoms with Crippen molar-refractivity contribution in [2.45, 2.75) is 19.4 Å². The van der Waals surface area contributed by atoms with Crippen LogP contribution in [0.1, 0.15) is 13.3 Å². The SMILES string of the molecule is CCC(O)COc1cc(F)ccc1F. The van der Waals surface area contributed by atoms with Gasteiger partial charge in [0.15, 0.2) is 11.6 Å². The van der Waals surface area contributed by atoms with Crippen LogP contribution >= 0.6 is 0 Å². The van der Waals surface area contributed by atoms with Crippen molar-refractivity contribution in [1.82, 2.24) is 0 Å². The molecule has 1 N–H and O–H groups in total. The summed E-state index contributed by atoms with van der Waals surface area (Å²) in [6.07, 6.45) is -0.144. The number of benzene rings is 1. The minimum atomic E-state index is -0.655. The van der Waals surface area contributed by atoms with Crippen LogP contribution in [0.3, 0.4) is 0 Å². The number of aliphatic hydroxyl groups is 1. The van der Waals surface area contributed by atoms with Crippen molar-refractivity contribution >= 4 is 0 Å². The van der Waals surface area contributed by atoms with Gasteiger partial charge in [0, 0.05) is 6.07 Å². The standard InChI is InChI=1S/C10H12F2O2/c1-2-8(13)6-14-10-5-7(11)3-4-9(10)12/h3-5,8,13H,2,6H2,1H3. The molecule has 4 heteroatoms. The van der Waals surface area contributed by atoms with Crippen LogP contribution in [0.5, 0.6) is 5.75 Å². The Morgan fingerprint density at radius 3 is 2.79 bits per heavy atom. The Hall–Kier alpha value is -1.16. The molecule has 14 heavy (non-hydrogen) atoms.